The van der Waals surface area contributed by atoms with Gasteiger partial charge in [-0.2, -0.15) is 0 Å². The van der Waals surface area contributed by atoms with Crippen molar-refractivity contribution in [3.63, 3.8) is 0 Å². The van der Waals surface area contributed by atoms with E-state index in [9.17, 15) is 13.5 Å². The van der Waals surface area contributed by atoms with Crippen LogP contribution in [0.25, 0.3) is 0 Å². The molecule has 5 nitrogen and oxygen atoms in total. The summed E-state index contributed by atoms with van der Waals surface area (Å²) in [6.45, 7) is 3.95. The van der Waals surface area contributed by atoms with Gasteiger partial charge in [-0.25, -0.2) is 13.1 Å². The van der Waals surface area contributed by atoms with Gasteiger partial charge >= 0.3 is 0 Å². The van der Waals surface area contributed by atoms with E-state index >= 15 is 0 Å². The number of aryl methyl sites for hydroxylation is 1. The number of benzene rings is 2. The Bertz CT molecular complexity index is 863. The summed E-state index contributed by atoms with van der Waals surface area (Å²) in [7, 11) is -3.82. The molecule has 1 saturated carbocycles. The summed E-state index contributed by atoms with van der Waals surface area (Å²) in [6.07, 6.45) is 1.78. The molecule has 1 atom stereocenters. The van der Waals surface area contributed by atoms with Crippen molar-refractivity contribution in [3.05, 3.63) is 59.7 Å². The van der Waals surface area contributed by atoms with Gasteiger partial charge in [0.25, 0.3) is 0 Å². The topological polar surface area (TPSA) is 75.6 Å². The first-order chi connectivity index (χ1) is 12.4. The molecule has 0 radical (unpaired) electrons. The minimum Gasteiger partial charge on any atom is -0.492 e. The van der Waals surface area contributed by atoms with E-state index in [2.05, 4.69) is 4.72 Å². The standard InChI is InChI=1S/C20H25NO4S/c1-3-25-18-12-9-15(2)13-19(18)26(23,24)21-14-20(22,17-10-11-17)16-7-5-4-6-8-16/h4-9,12-13,17,21-22H,3,10-11,14H2,1-2H3. The Morgan fingerprint density at radius 3 is 2.50 bits per heavy atom. The van der Waals surface area contributed by atoms with Crippen molar-refractivity contribution in [2.45, 2.75) is 37.2 Å². The molecule has 1 aliphatic rings. The molecule has 2 aromatic rings. The lowest BCUT2D eigenvalue weighted by Crippen LogP contribution is -2.42. The summed E-state index contributed by atoms with van der Waals surface area (Å²) in [6, 6.07) is 14.3. The van der Waals surface area contributed by atoms with Crippen LogP contribution in [0, 0.1) is 12.8 Å². The molecule has 0 aromatic heterocycles. The fourth-order valence-electron chi connectivity index (χ4n) is 3.15. The zero-order valence-electron chi connectivity index (χ0n) is 15.1. The molecule has 0 spiro atoms. The predicted octanol–water partition coefficient (Wildman–Crippen LogP) is 2.97. The first-order valence-corrected chi connectivity index (χ1v) is 10.4. The van der Waals surface area contributed by atoms with Gasteiger partial charge in [0.2, 0.25) is 10.0 Å². The van der Waals surface area contributed by atoms with Crippen LogP contribution in [0.1, 0.15) is 30.9 Å². The summed E-state index contributed by atoms with van der Waals surface area (Å²) >= 11 is 0. The summed E-state index contributed by atoms with van der Waals surface area (Å²) in [5, 5.41) is 11.2. The Morgan fingerprint density at radius 2 is 1.88 bits per heavy atom. The van der Waals surface area contributed by atoms with Crippen LogP contribution in [0.2, 0.25) is 0 Å². The van der Waals surface area contributed by atoms with E-state index in [0.29, 0.717) is 12.4 Å². The molecular formula is C20H25NO4S. The molecule has 2 N–H and O–H groups in total. The third kappa shape index (κ3) is 3.92. The van der Waals surface area contributed by atoms with Gasteiger partial charge in [-0.15, -0.1) is 0 Å². The van der Waals surface area contributed by atoms with Crippen molar-refractivity contribution in [1.29, 1.82) is 0 Å². The molecule has 0 bridgehead atoms. The van der Waals surface area contributed by atoms with Crippen LogP contribution in [0.5, 0.6) is 5.75 Å². The van der Waals surface area contributed by atoms with Crippen LogP contribution < -0.4 is 9.46 Å². The van der Waals surface area contributed by atoms with Gasteiger partial charge < -0.3 is 9.84 Å². The first-order valence-electron chi connectivity index (χ1n) is 8.88. The molecule has 1 fully saturated rings. The monoisotopic (exact) mass is 375 g/mol. The highest BCUT2D eigenvalue weighted by Gasteiger charge is 2.45. The molecule has 0 aliphatic heterocycles. The highest BCUT2D eigenvalue weighted by molar-refractivity contribution is 7.89. The van der Waals surface area contributed by atoms with Crippen LogP contribution in [0.3, 0.4) is 0 Å². The average Bonchev–Trinajstić information content (AvgIpc) is 3.48. The van der Waals surface area contributed by atoms with Crippen molar-refractivity contribution in [2.75, 3.05) is 13.2 Å². The maximum absolute atomic E-state index is 12.9. The van der Waals surface area contributed by atoms with Crippen LogP contribution in [-0.2, 0) is 15.6 Å². The zero-order valence-corrected chi connectivity index (χ0v) is 15.9. The quantitative estimate of drug-likeness (QED) is 0.744. The zero-order chi connectivity index (χ0) is 18.8. The van der Waals surface area contributed by atoms with E-state index in [-0.39, 0.29) is 17.4 Å². The Balaban J connectivity index is 1.87. The number of aliphatic hydroxyl groups is 1. The van der Waals surface area contributed by atoms with Gasteiger partial charge in [0.15, 0.2) is 0 Å². The molecule has 1 aliphatic carbocycles. The fourth-order valence-corrected chi connectivity index (χ4v) is 4.45. The van der Waals surface area contributed by atoms with Crippen molar-refractivity contribution < 1.29 is 18.3 Å². The lowest BCUT2D eigenvalue weighted by molar-refractivity contribution is 0.0185. The molecule has 140 valence electrons. The van der Waals surface area contributed by atoms with E-state index in [1.165, 1.54) is 0 Å². The number of nitrogens with one attached hydrogen (secondary N) is 1. The van der Waals surface area contributed by atoms with E-state index in [1.54, 1.807) is 12.1 Å². The average molecular weight is 375 g/mol. The maximum atomic E-state index is 12.9. The van der Waals surface area contributed by atoms with E-state index in [1.807, 2.05) is 50.2 Å². The Hall–Kier alpha value is -1.89. The Labute approximate surface area is 155 Å². The van der Waals surface area contributed by atoms with Crippen molar-refractivity contribution in [1.82, 2.24) is 4.72 Å². The van der Waals surface area contributed by atoms with Gasteiger partial charge in [-0.1, -0.05) is 36.4 Å². The molecule has 1 unspecified atom stereocenters. The normalized spacial score (nSPS) is 16.9. The molecule has 0 saturated heterocycles. The lowest BCUT2D eigenvalue weighted by atomic mass is 9.89. The molecule has 3 rings (SSSR count). The summed E-state index contributed by atoms with van der Waals surface area (Å²) < 4.78 is 33.9. The fraction of sp³-hybridized carbons (Fsp3) is 0.400. The first kappa shape index (κ1) is 18.9. The Kier molecular flexibility index (Phi) is 5.37. The maximum Gasteiger partial charge on any atom is 0.244 e. The number of hydrogen-bond acceptors (Lipinski definition) is 4. The van der Waals surface area contributed by atoms with Crippen LogP contribution in [0.15, 0.2) is 53.4 Å². The second kappa shape index (κ2) is 7.39. The number of ether oxygens (including phenoxy) is 1. The highest BCUT2D eigenvalue weighted by atomic mass is 32.2. The third-order valence-electron chi connectivity index (χ3n) is 4.75. The second-order valence-corrected chi connectivity index (χ2v) is 8.51. The van der Waals surface area contributed by atoms with Crippen molar-refractivity contribution in [3.8, 4) is 5.75 Å². The summed E-state index contributed by atoms with van der Waals surface area (Å²) in [4.78, 5) is 0.102. The van der Waals surface area contributed by atoms with Gasteiger partial charge in [0.1, 0.15) is 16.2 Å². The molecule has 2 aromatic carbocycles. The number of sulfonamides is 1. The lowest BCUT2D eigenvalue weighted by Gasteiger charge is -2.29. The number of hydrogen-bond donors (Lipinski definition) is 2. The minimum absolute atomic E-state index is 0.0660. The van der Waals surface area contributed by atoms with Crippen LogP contribution in [-0.4, -0.2) is 26.7 Å². The van der Waals surface area contributed by atoms with Gasteiger partial charge in [0.05, 0.1) is 6.61 Å². The van der Waals surface area contributed by atoms with Crippen molar-refractivity contribution in [2.24, 2.45) is 5.92 Å². The third-order valence-corrected chi connectivity index (χ3v) is 6.17. The van der Waals surface area contributed by atoms with E-state index in [0.717, 1.165) is 24.0 Å². The molecule has 26 heavy (non-hydrogen) atoms. The minimum atomic E-state index is -3.82. The Morgan fingerprint density at radius 1 is 1.19 bits per heavy atom. The molecule has 0 amide bonds. The smallest absolute Gasteiger partial charge is 0.244 e. The highest BCUT2D eigenvalue weighted by Crippen LogP contribution is 2.45. The number of rotatable bonds is 8. The predicted molar refractivity (Wildman–Crippen MR) is 101 cm³/mol. The SMILES string of the molecule is CCOc1ccc(C)cc1S(=O)(=O)NCC(O)(c1ccccc1)C1CC1. The second-order valence-electron chi connectivity index (χ2n) is 6.77. The van der Waals surface area contributed by atoms with Crippen LogP contribution in [0.4, 0.5) is 0 Å². The van der Waals surface area contributed by atoms with Crippen LogP contribution >= 0.6 is 0 Å². The molecular weight excluding hydrogens is 350 g/mol. The van der Waals surface area contributed by atoms with Gasteiger partial charge in [0, 0.05) is 6.54 Å². The van der Waals surface area contributed by atoms with Gasteiger partial charge in [-0.3, -0.25) is 0 Å². The summed E-state index contributed by atoms with van der Waals surface area (Å²) in [5.74, 6) is 0.386. The van der Waals surface area contributed by atoms with Gasteiger partial charge in [-0.05, 0) is 55.9 Å². The largest absolute Gasteiger partial charge is 0.492 e. The van der Waals surface area contributed by atoms with E-state index < -0.39 is 15.6 Å². The van der Waals surface area contributed by atoms with Crippen molar-refractivity contribution >= 4 is 10.0 Å². The summed E-state index contributed by atoms with van der Waals surface area (Å²) in [5.41, 5.74) is 0.359. The van der Waals surface area contributed by atoms with E-state index in [4.69, 9.17) is 4.74 Å². The molecule has 6 heteroatoms. The molecule has 0 heterocycles.